The quantitative estimate of drug-likeness (QED) is 0.312. The molecule has 1 aliphatic rings. The highest BCUT2D eigenvalue weighted by Gasteiger charge is 2.30. The maximum Gasteiger partial charge on any atom is 0.305 e. The van der Waals surface area contributed by atoms with Crippen molar-refractivity contribution >= 4 is 29.2 Å². The normalized spacial score (nSPS) is 14.2. The Morgan fingerprint density at radius 2 is 1.89 bits per heavy atom. The van der Waals surface area contributed by atoms with Gasteiger partial charge in [-0.1, -0.05) is 23.7 Å². The van der Waals surface area contributed by atoms with E-state index in [1.807, 2.05) is 60.9 Å². The van der Waals surface area contributed by atoms with Crippen molar-refractivity contribution in [2.75, 3.05) is 20.3 Å². The maximum absolute atomic E-state index is 12.6. The summed E-state index contributed by atoms with van der Waals surface area (Å²) < 4.78 is 12.7. The van der Waals surface area contributed by atoms with Crippen molar-refractivity contribution in [3.63, 3.8) is 0 Å². The molecule has 0 aliphatic carbocycles. The van der Waals surface area contributed by atoms with Gasteiger partial charge in [-0.05, 0) is 57.0 Å². The average molecular weight is 524 g/mol. The molecule has 0 fully saturated rings. The Morgan fingerprint density at radius 3 is 2.62 bits per heavy atom. The first-order valence-electron chi connectivity index (χ1n) is 12.3. The van der Waals surface area contributed by atoms with Gasteiger partial charge in [-0.25, -0.2) is 0 Å². The van der Waals surface area contributed by atoms with Gasteiger partial charge in [-0.15, -0.1) is 10.2 Å². The lowest BCUT2D eigenvalue weighted by atomic mass is 10.00. The van der Waals surface area contributed by atoms with Crippen LogP contribution in [0.4, 0.5) is 0 Å². The second kappa shape index (κ2) is 12.0. The number of aryl methyl sites for hydroxylation is 1. The van der Waals surface area contributed by atoms with E-state index in [-0.39, 0.29) is 18.3 Å². The molecule has 0 bridgehead atoms. The zero-order valence-electron chi connectivity index (χ0n) is 21.2. The van der Waals surface area contributed by atoms with E-state index < -0.39 is 6.04 Å². The fraction of sp³-hybridized carbons (Fsp3) is 0.370. The van der Waals surface area contributed by atoms with E-state index in [0.29, 0.717) is 60.5 Å². The molecule has 4 rings (SSSR count). The van der Waals surface area contributed by atoms with E-state index in [2.05, 4.69) is 20.3 Å². The number of benzene rings is 2. The second-order valence-corrected chi connectivity index (χ2v) is 9.10. The van der Waals surface area contributed by atoms with Crippen molar-refractivity contribution < 1.29 is 19.1 Å². The van der Waals surface area contributed by atoms with E-state index in [1.165, 1.54) is 7.11 Å². The summed E-state index contributed by atoms with van der Waals surface area (Å²) in [6.07, 6.45) is 1.90. The Morgan fingerprint density at radius 1 is 1.11 bits per heavy atom. The Bertz CT molecular complexity index is 1300. The van der Waals surface area contributed by atoms with Gasteiger partial charge in [0, 0.05) is 29.1 Å². The summed E-state index contributed by atoms with van der Waals surface area (Å²) in [4.78, 5) is 29.0. The summed E-state index contributed by atoms with van der Waals surface area (Å²) in [5.74, 6) is 1.64. The molecule has 194 valence electrons. The minimum absolute atomic E-state index is 0.110. The number of amides is 1. The predicted octanol–water partition coefficient (Wildman–Crippen LogP) is 4.37. The van der Waals surface area contributed by atoms with Crippen molar-refractivity contribution in [2.24, 2.45) is 4.99 Å². The third-order valence-electron chi connectivity index (χ3n) is 6.04. The number of carbonyl (C=O) groups is 2. The zero-order chi connectivity index (χ0) is 26.4. The maximum atomic E-state index is 12.6. The van der Waals surface area contributed by atoms with Crippen molar-refractivity contribution in [3.05, 3.63) is 70.3 Å². The molecule has 9 nitrogen and oxygen atoms in total. The lowest BCUT2D eigenvalue weighted by Crippen LogP contribution is -2.25. The average Bonchev–Trinajstić information content (AvgIpc) is 3.21. The van der Waals surface area contributed by atoms with Crippen LogP contribution in [0, 0.1) is 6.92 Å². The molecule has 0 saturated heterocycles. The number of halogens is 1. The summed E-state index contributed by atoms with van der Waals surface area (Å²) in [6, 6.07) is 12.7. The molecule has 0 saturated carbocycles. The van der Waals surface area contributed by atoms with Gasteiger partial charge in [0.05, 0.1) is 31.5 Å². The number of hydrogen-bond acceptors (Lipinski definition) is 7. The lowest BCUT2D eigenvalue weighted by molar-refractivity contribution is -0.140. The molecule has 3 aromatic rings. The SMILES string of the molecule is CCNC(=O)C[C@@H]1N=C(c2ccc(Cl)cc2)c2cc(OCCCCC(=O)OC)ccc2-n2c(C)nnc21. The summed E-state index contributed by atoms with van der Waals surface area (Å²) >= 11 is 6.16. The minimum Gasteiger partial charge on any atom is -0.494 e. The number of hydrogen-bond donors (Lipinski definition) is 1. The molecular formula is C27H30ClN5O4. The number of esters is 1. The van der Waals surface area contributed by atoms with Crippen LogP contribution in [0.1, 0.15) is 61.4 Å². The number of ether oxygens (including phenoxy) is 2. The summed E-state index contributed by atoms with van der Waals surface area (Å²) in [5, 5.41) is 12.2. The third-order valence-corrected chi connectivity index (χ3v) is 6.29. The number of fused-ring (bicyclic) bond motifs is 3. The van der Waals surface area contributed by atoms with E-state index in [1.54, 1.807) is 0 Å². The highest BCUT2D eigenvalue weighted by atomic mass is 35.5. The summed E-state index contributed by atoms with van der Waals surface area (Å²) in [7, 11) is 1.39. The zero-order valence-corrected chi connectivity index (χ0v) is 21.9. The van der Waals surface area contributed by atoms with Crippen LogP contribution in [-0.2, 0) is 14.3 Å². The van der Waals surface area contributed by atoms with Gasteiger partial charge in [0.1, 0.15) is 17.6 Å². The molecule has 1 atom stereocenters. The van der Waals surface area contributed by atoms with Crippen LogP contribution in [0.3, 0.4) is 0 Å². The largest absolute Gasteiger partial charge is 0.494 e. The Balaban J connectivity index is 1.73. The number of unbranched alkanes of at least 4 members (excludes halogenated alkanes) is 1. The van der Waals surface area contributed by atoms with Crippen LogP contribution in [0.15, 0.2) is 47.5 Å². The molecule has 0 unspecified atom stereocenters. The van der Waals surface area contributed by atoms with Crippen molar-refractivity contribution in [2.45, 2.75) is 45.6 Å². The number of aliphatic imine (C=N–C) groups is 1. The standard InChI is InChI=1S/C27H30ClN5O4/c1-4-29-24(34)16-22-27-32-31-17(2)33(27)23-13-12-20(37-14-6-5-7-25(35)36-3)15-21(23)26(30-22)18-8-10-19(28)11-9-18/h8-13,15,22H,4-7,14,16H2,1-3H3,(H,29,34)/t22-/m0/s1. The minimum atomic E-state index is -0.534. The fourth-order valence-corrected chi connectivity index (χ4v) is 4.37. The number of carbonyl (C=O) groups excluding carboxylic acids is 2. The van der Waals surface area contributed by atoms with Gasteiger partial charge < -0.3 is 14.8 Å². The third kappa shape index (κ3) is 6.17. The molecule has 1 aliphatic heterocycles. The van der Waals surface area contributed by atoms with Crippen molar-refractivity contribution in [3.8, 4) is 11.4 Å². The molecule has 1 amide bonds. The van der Waals surface area contributed by atoms with E-state index in [0.717, 1.165) is 16.8 Å². The Kier molecular flexibility index (Phi) is 8.55. The van der Waals surface area contributed by atoms with E-state index in [9.17, 15) is 9.59 Å². The van der Waals surface area contributed by atoms with Crippen LogP contribution in [0.2, 0.25) is 5.02 Å². The predicted molar refractivity (Wildman–Crippen MR) is 141 cm³/mol. The molecule has 2 heterocycles. The van der Waals surface area contributed by atoms with Gasteiger partial charge in [0.15, 0.2) is 5.82 Å². The molecule has 0 radical (unpaired) electrons. The molecule has 1 N–H and O–H groups in total. The molecular weight excluding hydrogens is 494 g/mol. The number of rotatable bonds is 10. The van der Waals surface area contributed by atoms with E-state index in [4.69, 9.17) is 21.3 Å². The number of methoxy groups -OCH3 is 1. The summed E-state index contributed by atoms with van der Waals surface area (Å²) in [5.41, 5.74) is 3.25. The highest BCUT2D eigenvalue weighted by Crippen LogP contribution is 2.34. The number of nitrogens with one attached hydrogen (secondary N) is 1. The van der Waals surface area contributed by atoms with Crippen molar-refractivity contribution in [1.82, 2.24) is 20.1 Å². The smallest absolute Gasteiger partial charge is 0.305 e. The molecule has 10 heteroatoms. The summed E-state index contributed by atoms with van der Waals surface area (Å²) in [6.45, 7) is 4.75. The fourth-order valence-electron chi connectivity index (χ4n) is 4.25. The van der Waals surface area contributed by atoms with E-state index >= 15 is 0 Å². The van der Waals surface area contributed by atoms with Crippen LogP contribution in [-0.4, -0.2) is 52.6 Å². The topological polar surface area (TPSA) is 108 Å². The highest BCUT2D eigenvalue weighted by molar-refractivity contribution is 6.30. The van der Waals surface area contributed by atoms with Crippen LogP contribution < -0.4 is 10.1 Å². The van der Waals surface area contributed by atoms with Crippen molar-refractivity contribution in [1.29, 1.82) is 0 Å². The van der Waals surface area contributed by atoms with Gasteiger partial charge in [0.25, 0.3) is 0 Å². The van der Waals surface area contributed by atoms with Gasteiger partial charge in [-0.3, -0.25) is 19.1 Å². The van der Waals surface area contributed by atoms with Crippen LogP contribution in [0.25, 0.3) is 5.69 Å². The van der Waals surface area contributed by atoms with Gasteiger partial charge in [0.2, 0.25) is 5.91 Å². The number of aromatic nitrogens is 3. The molecule has 2 aromatic carbocycles. The lowest BCUT2D eigenvalue weighted by Gasteiger charge is -2.15. The second-order valence-electron chi connectivity index (χ2n) is 8.66. The molecule has 1 aromatic heterocycles. The number of nitrogens with zero attached hydrogens (tertiary/aromatic N) is 4. The van der Waals surface area contributed by atoms with Gasteiger partial charge >= 0.3 is 5.97 Å². The Labute approximate surface area is 220 Å². The molecule has 37 heavy (non-hydrogen) atoms. The molecule has 0 spiro atoms. The first-order chi connectivity index (χ1) is 17.9. The first kappa shape index (κ1) is 26.3. The Hall–Kier alpha value is -3.72. The van der Waals surface area contributed by atoms with Gasteiger partial charge in [-0.2, -0.15) is 0 Å². The monoisotopic (exact) mass is 523 g/mol. The first-order valence-corrected chi connectivity index (χ1v) is 12.7. The van der Waals surface area contributed by atoms with Crippen LogP contribution >= 0.6 is 11.6 Å². The van der Waals surface area contributed by atoms with Crippen LogP contribution in [0.5, 0.6) is 5.75 Å².